The molecule has 3 rings (SSSR count). The quantitative estimate of drug-likeness (QED) is 0.828. The second kappa shape index (κ2) is 7.43. The highest BCUT2D eigenvalue weighted by Gasteiger charge is 2.30. The molecule has 1 fully saturated rings. The van der Waals surface area contributed by atoms with Gasteiger partial charge < -0.3 is 15.4 Å². The molecule has 2 aromatic carbocycles. The molecule has 0 bridgehead atoms. The molecular formula is C17H18ClN3O4S. The van der Waals surface area contributed by atoms with Crippen LogP contribution in [0.2, 0.25) is 5.02 Å². The van der Waals surface area contributed by atoms with Crippen LogP contribution in [0.25, 0.3) is 0 Å². The third kappa shape index (κ3) is 4.03. The Balaban J connectivity index is 1.76. The van der Waals surface area contributed by atoms with E-state index in [0.717, 1.165) is 0 Å². The molecule has 0 unspecified atom stereocenters. The first kappa shape index (κ1) is 18.3. The van der Waals surface area contributed by atoms with Crippen molar-refractivity contribution >= 4 is 44.7 Å². The van der Waals surface area contributed by atoms with Crippen molar-refractivity contribution in [3.63, 3.8) is 0 Å². The van der Waals surface area contributed by atoms with E-state index in [0.29, 0.717) is 40.8 Å². The Kier molecular flexibility index (Phi) is 5.24. The van der Waals surface area contributed by atoms with Crippen molar-refractivity contribution in [3.8, 4) is 5.75 Å². The summed E-state index contributed by atoms with van der Waals surface area (Å²) in [6.07, 6.45) is 0.577. The Morgan fingerprint density at radius 1 is 1.15 bits per heavy atom. The van der Waals surface area contributed by atoms with E-state index in [-0.39, 0.29) is 5.75 Å². The second-order valence-corrected chi connectivity index (χ2v) is 8.17. The Hall–Kier alpha value is -2.45. The molecule has 26 heavy (non-hydrogen) atoms. The van der Waals surface area contributed by atoms with E-state index in [1.54, 1.807) is 42.5 Å². The summed E-state index contributed by atoms with van der Waals surface area (Å²) in [4.78, 5) is 12.1. The van der Waals surface area contributed by atoms with E-state index >= 15 is 0 Å². The van der Waals surface area contributed by atoms with Crippen molar-refractivity contribution in [1.82, 2.24) is 0 Å². The summed E-state index contributed by atoms with van der Waals surface area (Å²) in [6.45, 7) is 0.417. The number of nitrogens with one attached hydrogen (secondary N) is 2. The maximum absolute atomic E-state index is 12.1. The maximum Gasteiger partial charge on any atom is 0.323 e. The Morgan fingerprint density at radius 2 is 1.88 bits per heavy atom. The van der Waals surface area contributed by atoms with Crippen LogP contribution in [0.3, 0.4) is 0 Å². The van der Waals surface area contributed by atoms with Crippen LogP contribution < -0.4 is 19.7 Å². The van der Waals surface area contributed by atoms with Gasteiger partial charge in [0, 0.05) is 29.0 Å². The largest absolute Gasteiger partial charge is 0.494 e. The Labute approximate surface area is 157 Å². The normalized spacial score (nSPS) is 15.5. The number of urea groups is 1. The average Bonchev–Trinajstić information content (AvgIpc) is 2.93. The average molecular weight is 396 g/mol. The second-order valence-electron chi connectivity index (χ2n) is 5.72. The summed E-state index contributed by atoms with van der Waals surface area (Å²) in [6, 6.07) is 11.2. The zero-order valence-corrected chi connectivity index (χ0v) is 15.6. The lowest BCUT2D eigenvalue weighted by molar-refractivity contribution is 0.262. The van der Waals surface area contributed by atoms with Crippen LogP contribution >= 0.6 is 11.6 Å². The molecule has 1 heterocycles. The Bertz CT molecular complexity index is 933. The van der Waals surface area contributed by atoms with Crippen LogP contribution in [0.1, 0.15) is 6.42 Å². The fraction of sp³-hybridized carbons (Fsp3) is 0.235. The molecule has 1 aliphatic heterocycles. The van der Waals surface area contributed by atoms with Crippen LogP contribution in [0.15, 0.2) is 42.5 Å². The number of ether oxygens (including phenoxy) is 1. The van der Waals surface area contributed by atoms with Crippen molar-refractivity contribution < 1.29 is 17.9 Å². The van der Waals surface area contributed by atoms with E-state index in [1.807, 2.05) is 0 Å². The van der Waals surface area contributed by atoms with Crippen molar-refractivity contribution in [1.29, 1.82) is 0 Å². The number of carbonyl (C=O) groups excluding carboxylic acids is 1. The van der Waals surface area contributed by atoms with Crippen molar-refractivity contribution in [2.45, 2.75) is 6.42 Å². The van der Waals surface area contributed by atoms with Crippen molar-refractivity contribution in [3.05, 3.63) is 47.5 Å². The summed E-state index contributed by atoms with van der Waals surface area (Å²) in [5.74, 6) is 0.495. The molecule has 0 saturated carbocycles. The number of sulfonamides is 1. The van der Waals surface area contributed by atoms with Gasteiger partial charge >= 0.3 is 6.03 Å². The molecule has 7 nitrogen and oxygen atoms in total. The summed E-state index contributed by atoms with van der Waals surface area (Å²) >= 11 is 5.89. The smallest absolute Gasteiger partial charge is 0.323 e. The number of nitrogens with zero attached hydrogens (tertiary/aromatic N) is 1. The zero-order chi connectivity index (χ0) is 18.7. The fourth-order valence-corrected chi connectivity index (χ4v) is 4.49. The standard InChI is InChI=1S/C17H18ClN3O4S/c1-25-16-11-14(6-7-15(16)21-8-3-9-26(21,23)24)20-17(22)19-13-5-2-4-12(18)10-13/h2,4-7,10-11H,3,8-9H2,1H3,(H2,19,20,22). The SMILES string of the molecule is COc1cc(NC(=O)Nc2cccc(Cl)c2)ccc1N1CCCS1(=O)=O. The number of halogens is 1. The summed E-state index contributed by atoms with van der Waals surface area (Å²) in [5, 5.41) is 5.87. The van der Waals surface area contributed by atoms with Gasteiger partial charge in [0.2, 0.25) is 10.0 Å². The minimum absolute atomic E-state index is 0.123. The highest BCUT2D eigenvalue weighted by Crippen LogP contribution is 2.35. The molecule has 0 radical (unpaired) electrons. The first-order chi connectivity index (χ1) is 12.4. The number of methoxy groups -OCH3 is 1. The van der Waals surface area contributed by atoms with Gasteiger partial charge in [-0.15, -0.1) is 0 Å². The topological polar surface area (TPSA) is 87.7 Å². The number of benzene rings is 2. The minimum atomic E-state index is -3.31. The first-order valence-corrected chi connectivity index (χ1v) is 9.90. The predicted molar refractivity (Wildman–Crippen MR) is 103 cm³/mol. The van der Waals surface area contributed by atoms with Crippen LogP contribution in [0, 0.1) is 0 Å². The van der Waals surface area contributed by atoms with Crippen LogP contribution in [0.4, 0.5) is 21.9 Å². The molecule has 138 valence electrons. The van der Waals surface area contributed by atoms with Crippen LogP contribution in [-0.4, -0.2) is 33.9 Å². The number of hydrogen-bond acceptors (Lipinski definition) is 4. The zero-order valence-electron chi connectivity index (χ0n) is 14.0. The summed E-state index contributed by atoms with van der Waals surface area (Å²) < 4.78 is 30.9. The van der Waals surface area contributed by atoms with Gasteiger partial charge in [-0.25, -0.2) is 13.2 Å². The summed E-state index contributed by atoms with van der Waals surface area (Å²) in [5.41, 5.74) is 1.49. The molecule has 2 N–H and O–H groups in total. The van der Waals surface area contributed by atoms with Gasteiger partial charge in [0.25, 0.3) is 0 Å². The number of hydrogen-bond donors (Lipinski definition) is 2. The van der Waals surface area contributed by atoms with Crippen LogP contribution in [0.5, 0.6) is 5.75 Å². The molecule has 0 spiro atoms. The van der Waals surface area contributed by atoms with E-state index in [2.05, 4.69) is 10.6 Å². The predicted octanol–water partition coefficient (Wildman–Crippen LogP) is 3.53. The molecule has 2 amide bonds. The van der Waals surface area contributed by atoms with Gasteiger partial charge in [0.1, 0.15) is 5.75 Å². The molecule has 0 atom stereocenters. The molecule has 1 aliphatic rings. The number of rotatable bonds is 4. The van der Waals surface area contributed by atoms with Gasteiger partial charge in [-0.05, 0) is 36.8 Å². The van der Waals surface area contributed by atoms with Gasteiger partial charge in [-0.3, -0.25) is 4.31 Å². The van der Waals surface area contributed by atoms with Crippen molar-refractivity contribution in [2.75, 3.05) is 34.3 Å². The minimum Gasteiger partial charge on any atom is -0.494 e. The number of amides is 2. The monoisotopic (exact) mass is 395 g/mol. The molecule has 1 saturated heterocycles. The van der Waals surface area contributed by atoms with E-state index < -0.39 is 16.1 Å². The number of anilines is 3. The third-order valence-electron chi connectivity index (χ3n) is 3.89. The van der Waals surface area contributed by atoms with Gasteiger partial charge in [0.05, 0.1) is 18.6 Å². The first-order valence-electron chi connectivity index (χ1n) is 7.91. The highest BCUT2D eigenvalue weighted by molar-refractivity contribution is 7.93. The lowest BCUT2D eigenvalue weighted by atomic mass is 10.2. The molecule has 0 aromatic heterocycles. The van der Waals surface area contributed by atoms with E-state index in [1.165, 1.54) is 11.4 Å². The molecule has 2 aromatic rings. The summed E-state index contributed by atoms with van der Waals surface area (Å²) in [7, 11) is -1.86. The van der Waals surface area contributed by atoms with Gasteiger partial charge in [-0.2, -0.15) is 0 Å². The molecule has 9 heteroatoms. The maximum atomic E-state index is 12.1. The number of carbonyl (C=O) groups is 1. The fourth-order valence-electron chi connectivity index (χ4n) is 2.73. The van der Waals surface area contributed by atoms with Crippen molar-refractivity contribution in [2.24, 2.45) is 0 Å². The van der Waals surface area contributed by atoms with Crippen LogP contribution in [-0.2, 0) is 10.0 Å². The molecular weight excluding hydrogens is 378 g/mol. The van der Waals surface area contributed by atoms with Gasteiger partial charge in [0.15, 0.2) is 0 Å². The highest BCUT2D eigenvalue weighted by atomic mass is 35.5. The third-order valence-corrected chi connectivity index (χ3v) is 5.98. The lowest BCUT2D eigenvalue weighted by Gasteiger charge is -2.20. The molecule has 0 aliphatic carbocycles. The van der Waals surface area contributed by atoms with E-state index in [4.69, 9.17) is 16.3 Å². The van der Waals surface area contributed by atoms with Gasteiger partial charge in [-0.1, -0.05) is 17.7 Å². The van der Waals surface area contributed by atoms with E-state index in [9.17, 15) is 13.2 Å². The lowest BCUT2D eigenvalue weighted by Crippen LogP contribution is -2.25. The Morgan fingerprint density at radius 3 is 2.50 bits per heavy atom.